The Labute approximate surface area is 86.8 Å². The molecule has 1 aromatic rings. The molecule has 1 aromatic carbocycles. The van der Waals surface area contributed by atoms with Crippen molar-refractivity contribution in [3.05, 3.63) is 56.8 Å². The second-order valence-corrected chi connectivity index (χ2v) is 3.01. The van der Waals surface area contributed by atoms with Gasteiger partial charge >= 0.3 is 0 Å². The molecule has 0 saturated heterocycles. The highest BCUT2D eigenvalue weighted by molar-refractivity contribution is 5.20. The number of hydrogen-bond donors (Lipinski definition) is 0. The Morgan fingerprint density at radius 1 is 1.07 bits per heavy atom. The summed E-state index contributed by atoms with van der Waals surface area (Å²) in [6.45, 7) is 1.71. The van der Waals surface area contributed by atoms with E-state index in [9.17, 15) is 0 Å². The normalized spacial score (nSPS) is 13.1. The van der Waals surface area contributed by atoms with Crippen molar-refractivity contribution in [2.24, 2.45) is 10.2 Å². The van der Waals surface area contributed by atoms with Crippen LogP contribution >= 0.6 is 0 Å². The zero-order chi connectivity index (χ0) is 11.1. The summed E-state index contributed by atoms with van der Waals surface area (Å²) in [5, 5.41) is 7.16. The molecule has 0 aliphatic carbocycles. The minimum atomic E-state index is -0.452. The van der Waals surface area contributed by atoms with Gasteiger partial charge in [-0.15, -0.1) is 0 Å². The van der Waals surface area contributed by atoms with E-state index < -0.39 is 12.1 Å². The number of benzene rings is 1. The molecule has 2 atom stereocenters. The molecule has 0 N–H and O–H groups in total. The summed E-state index contributed by atoms with van der Waals surface area (Å²) in [4.78, 5) is 5.46. The van der Waals surface area contributed by atoms with Gasteiger partial charge in [-0.25, -0.2) is 0 Å². The standard InChI is InChI=1S/C9H10N6/c1-7(12-14-10)9(13-15-11)8-5-3-2-4-6-8/h2-7,9H,1H3. The Morgan fingerprint density at radius 3 is 2.20 bits per heavy atom. The highest BCUT2D eigenvalue weighted by Crippen LogP contribution is 2.23. The molecule has 0 fully saturated rings. The largest absolute Gasteiger partial charge is 0.0901 e. The first-order valence-electron chi connectivity index (χ1n) is 4.43. The molecule has 0 radical (unpaired) electrons. The van der Waals surface area contributed by atoms with E-state index in [1.807, 2.05) is 30.3 Å². The lowest BCUT2D eigenvalue weighted by atomic mass is 10.0. The smallest absolute Gasteiger partial charge is 0.0706 e. The maximum Gasteiger partial charge on any atom is 0.0706 e. The van der Waals surface area contributed by atoms with Gasteiger partial charge in [0.05, 0.1) is 6.04 Å². The van der Waals surface area contributed by atoms with E-state index in [4.69, 9.17) is 11.1 Å². The summed E-state index contributed by atoms with van der Waals surface area (Å²) in [6, 6.07) is 8.39. The van der Waals surface area contributed by atoms with E-state index in [2.05, 4.69) is 20.1 Å². The average molecular weight is 202 g/mol. The van der Waals surface area contributed by atoms with Gasteiger partial charge in [0.25, 0.3) is 0 Å². The molecular formula is C9H10N6. The predicted molar refractivity (Wildman–Crippen MR) is 56.9 cm³/mol. The number of nitrogens with zero attached hydrogens (tertiary/aromatic N) is 6. The Hall–Kier alpha value is -2.16. The van der Waals surface area contributed by atoms with Crippen LogP contribution in [0.1, 0.15) is 18.5 Å². The highest BCUT2D eigenvalue weighted by Gasteiger charge is 2.15. The predicted octanol–water partition coefficient (Wildman–Crippen LogP) is 3.74. The van der Waals surface area contributed by atoms with Crippen LogP contribution in [0.25, 0.3) is 20.9 Å². The summed E-state index contributed by atoms with van der Waals surface area (Å²) in [5.74, 6) is 0. The molecule has 0 aliphatic rings. The fraction of sp³-hybridized carbons (Fsp3) is 0.333. The summed E-state index contributed by atoms with van der Waals surface area (Å²) in [7, 11) is 0. The van der Waals surface area contributed by atoms with E-state index >= 15 is 0 Å². The molecule has 1 rings (SSSR count). The average Bonchev–Trinajstić information content (AvgIpc) is 2.27. The van der Waals surface area contributed by atoms with Gasteiger partial charge in [-0.3, -0.25) is 0 Å². The molecule has 0 bridgehead atoms. The lowest BCUT2D eigenvalue weighted by molar-refractivity contribution is 0.583. The zero-order valence-corrected chi connectivity index (χ0v) is 8.22. The van der Waals surface area contributed by atoms with Crippen molar-refractivity contribution in [1.29, 1.82) is 0 Å². The Kier molecular flexibility index (Phi) is 4.04. The third kappa shape index (κ3) is 2.91. The molecule has 6 nitrogen and oxygen atoms in total. The SMILES string of the molecule is CC(N=[N+]=[N-])C(N=[N+]=[N-])c1ccccc1. The molecule has 0 amide bonds. The van der Waals surface area contributed by atoms with E-state index in [1.54, 1.807) is 6.92 Å². The molecule has 0 spiro atoms. The van der Waals surface area contributed by atoms with E-state index in [-0.39, 0.29) is 0 Å². The zero-order valence-electron chi connectivity index (χ0n) is 8.22. The lowest BCUT2D eigenvalue weighted by Gasteiger charge is -2.14. The molecule has 0 heterocycles. The van der Waals surface area contributed by atoms with Crippen LogP contribution in [0.5, 0.6) is 0 Å². The van der Waals surface area contributed by atoms with Crippen LogP contribution in [0.4, 0.5) is 0 Å². The Morgan fingerprint density at radius 2 is 1.67 bits per heavy atom. The van der Waals surface area contributed by atoms with Gasteiger partial charge in [-0.05, 0) is 16.6 Å². The molecule has 2 unspecified atom stereocenters. The van der Waals surface area contributed by atoms with Crippen LogP contribution in [0.2, 0.25) is 0 Å². The molecular weight excluding hydrogens is 192 g/mol. The maximum absolute atomic E-state index is 8.44. The van der Waals surface area contributed by atoms with Crippen molar-refractivity contribution < 1.29 is 0 Å². The molecule has 6 heteroatoms. The first-order chi connectivity index (χ1) is 7.29. The lowest BCUT2D eigenvalue weighted by Crippen LogP contribution is -2.09. The van der Waals surface area contributed by atoms with Gasteiger partial charge in [-0.2, -0.15) is 0 Å². The summed E-state index contributed by atoms with van der Waals surface area (Å²) in [5.41, 5.74) is 17.6. The molecule has 76 valence electrons. The number of rotatable bonds is 4. The van der Waals surface area contributed by atoms with Gasteiger partial charge in [0, 0.05) is 15.9 Å². The van der Waals surface area contributed by atoms with Crippen LogP contribution in [0.3, 0.4) is 0 Å². The molecule has 15 heavy (non-hydrogen) atoms. The van der Waals surface area contributed by atoms with Crippen molar-refractivity contribution >= 4 is 0 Å². The summed E-state index contributed by atoms with van der Waals surface area (Å²) >= 11 is 0. The summed E-state index contributed by atoms with van der Waals surface area (Å²) in [6.07, 6.45) is 0. The van der Waals surface area contributed by atoms with E-state index in [0.29, 0.717) is 0 Å². The van der Waals surface area contributed by atoms with E-state index in [1.165, 1.54) is 0 Å². The van der Waals surface area contributed by atoms with Gasteiger partial charge in [-0.1, -0.05) is 47.5 Å². The third-order valence-electron chi connectivity index (χ3n) is 2.01. The fourth-order valence-electron chi connectivity index (χ4n) is 1.29. The minimum absolute atomic E-state index is 0.395. The van der Waals surface area contributed by atoms with Crippen LogP contribution in [0.15, 0.2) is 40.6 Å². The minimum Gasteiger partial charge on any atom is -0.0901 e. The van der Waals surface area contributed by atoms with Crippen molar-refractivity contribution in [3.8, 4) is 0 Å². The molecule has 0 saturated carbocycles. The molecule has 0 aliphatic heterocycles. The maximum atomic E-state index is 8.44. The van der Waals surface area contributed by atoms with Crippen molar-refractivity contribution in [1.82, 2.24) is 0 Å². The Balaban J connectivity index is 3.03. The summed E-state index contributed by atoms with van der Waals surface area (Å²) < 4.78 is 0. The number of azide groups is 2. The van der Waals surface area contributed by atoms with Gasteiger partial charge < -0.3 is 0 Å². The van der Waals surface area contributed by atoms with Crippen molar-refractivity contribution in [3.63, 3.8) is 0 Å². The van der Waals surface area contributed by atoms with Crippen molar-refractivity contribution in [2.45, 2.75) is 19.0 Å². The van der Waals surface area contributed by atoms with Crippen molar-refractivity contribution in [2.75, 3.05) is 0 Å². The van der Waals surface area contributed by atoms with Crippen LogP contribution in [-0.2, 0) is 0 Å². The first-order valence-corrected chi connectivity index (χ1v) is 4.43. The van der Waals surface area contributed by atoms with Crippen LogP contribution in [0, 0.1) is 0 Å². The highest BCUT2D eigenvalue weighted by atomic mass is 15.2. The van der Waals surface area contributed by atoms with Crippen LogP contribution in [-0.4, -0.2) is 6.04 Å². The topological polar surface area (TPSA) is 97.5 Å². The molecule has 0 aromatic heterocycles. The number of hydrogen-bond acceptors (Lipinski definition) is 2. The monoisotopic (exact) mass is 202 g/mol. The first kappa shape index (κ1) is 10.9. The van der Waals surface area contributed by atoms with Gasteiger partial charge in [0.1, 0.15) is 0 Å². The second kappa shape index (κ2) is 5.54. The van der Waals surface area contributed by atoms with Crippen LogP contribution < -0.4 is 0 Å². The third-order valence-corrected chi connectivity index (χ3v) is 2.01. The second-order valence-electron chi connectivity index (χ2n) is 3.01. The quantitative estimate of drug-likeness (QED) is 0.403. The van der Waals surface area contributed by atoms with E-state index in [0.717, 1.165) is 5.56 Å². The van der Waals surface area contributed by atoms with Gasteiger partial charge in [0.2, 0.25) is 0 Å². The van der Waals surface area contributed by atoms with Gasteiger partial charge in [0.15, 0.2) is 0 Å². The fourth-order valence-corrected chi connectivity index (χ4v) is 1.29. The Bertz CT molecular complexity index is 402.